The van der Waals surface area contributed by atoms with Crippen molar-refractivity contribution in [3.05, 3.63) is 36.7 Å². The summed E-state index contributed by atoms with van der Waals surface area (Å²) in [5.41, 5.74) is 1.57. The molecule has 0 bridgehead atoms. The van der Waals surface area contributed by atoms with E-state index < -0.39 is 12.0 Å². The average Bonchev–Trinajstić information content (AvgIpc) is 2.83. The Morgan fingerprint density at radius 2 is 1.88 bits per heavy atom. The predicted molar refractivity (Wildman–Crippen MR) is 62.1 cm³/mol. The first-order chi connectivity index (χ1) is 8.16. The van der Waals surface area contributed by atoms with Crippen molar-refractivity contribution >= 4 is 11.7 Å². The lowest BCUT2D eigenvalue weighted by atomic mass is 10.2. The first-order valence-electron chi connectivity index (χ1n) is 5.13. The third-order valence-corrected chi connectivity index (χ3v) is 2.27. The Kier molecular flexibility index (Phi) is 3.04. The van der Waals surface area contributed by atoms with Crippen molar-refractivity contribution < 1.29 is 9.90 Å². The number of hydrogen-bond donors (Lipinski definition) is 2. The fourth-order valence-corrected chi connectivity index (χ4v) is 1.35. The van der Waals surface area contributed by atoms with Crippen molar-refractivity contribution in [2.45, 2.75) is 13.0 Å². The molecule has 17 heavy (non-hydrogen) atoms. The standard InChI is InChI=1S/C11H12N4O2/c1-8(11(16)17)14-9-2-4-10(5-3-9)15-12-6-7-13-15/h2-8,14H,1H3,(H,16,17). The highest BCUT2D eigenvalue weighted by Crippen LogP contribution is 2.12. The van der Waals surface area contributed by atoms with Crippen molar-refractivity contribution in [3.63, 3.8) is 0 Å². The first-order valence-corrected chi connectivity index (χ1v) is 5.13. The SMILES string of the molecule is CC(Nc1ccc(-n2nccn2)cc1)C(=O)O. The molecular weight excluding hydrogens is 220 g/mol. The zero-order valence-electron chi connectivity index (χ0n) is 9.24. The molecule has 0 saturated carbocycles. The van der Waals surface area contributed by atoms with Gasteiger partial charge in [-0.3, -0.25) is 4.79 Å². The minimum Gasteiger partial charge on any atom is -0.480 e. The van der Waals surface area contributed by atoms with Crippen LogP contribution >= 0.6 is 0 Å². The molecule has 0 spiro atoms. The molecule has 6 nitrogen and oxygen atoms in total. The van der Waals surface area contributed by atoms with Crippen LogP contribution in [0.2, 0.25) is 0 Å². The third-order valence-electron chi connectivity index (χ3n) is 2.27. The second kappa shape index (κ2) is 4.65. The highest BCUT2D eigenvalue weighted by Gasteiger charge is 2.09. The van der Waals surface area contributed by atoms with E-state index in [0.29, 0.717) is 0 Å². The second-order valence-corrected chi connectivity index (χ2v) is 3.57. The molecule has 1 heterocycles. The van der Waals surface area contributed by atoms with Gasteiger partial charge in [0.25, 0.3) is 0 Å². The van der Waals surface area contributed by atoms with Crippen LogP contribution in [0.1, 0.15) is 6.92 Å². The summed E-state index contributed by atoms with van der Waals surface area (Å²) in [5, 5.41) is 19.6. The van der Waals surface area contributed by atoms with Crippen molar-refractivity contribution in [2.75, 3.05) is 5.32 Å². The number of benzene rings is 1. The minimum absolute atomic E-state index is 0.622. The van der Waals surface area contributed by atoms with Gasteiger partial charge in [0.15, 0.2) is 0 Å². The Labute approximate surface area is 97.9 Å². The highest BCUT2D eigenvalue weighted by atomic mass is 16.4. The van der Waals surface area contributed by atoms with Crippen LogP contribution in [-0.2, 0) is 4.79 Å². The Bertz CT molecular complexity index is 493. The van der Waals surface area contributed by atoms with Gasteiger partial charge in [-0.15, -0.1) is 0 Å². The number of anilines is 1. The molecule has 0 amide bonds. The molecule has 2 rings (SSSR count). The number of carbonyl (C=O) groups is 1. The smallest absolute Gasteiger partial charge is 0.325 e. The lowest BCUT2D eigenvalue weighted by molar-refractivity contribution is -0.137. The Hall–Kier alpha value is -2.37. The lowest BCUT2D eigenvalue weighted by Crippen LogP contribution is -2.25. The van der Waals surface area contributed by atoms with Crippen LogP contribution in [0, 0.1) is 0 Å². The maximum Gasteiger partial charge on any atom is 0.325 e. The molecule has 1 unspecified atom stereocenters. The van der Waals surface area contributed by atoms with Crippen LogP contribution in [-0.4, -0.2) is 32.1 Å². The second-order valence-electron chi connectivity index (χ2n) is 3.57. The normalized spacial score (nSPS) is 12.1. The van der Waals surface area contributed by atoms with Gasteiger partial charge in [0.2, 0.25) is 0 Å². The molecule has 1 atom stereocenters. The Morgan fingerprint density at radius 3 is 2.41 bits per heavy atom. The fraction of sp³-hybridized carbons (Fsp3) is 0.182. The fourth-order valence-electron chi connectivity index (χ4n) is 1.35. The van der Waals surface area contributed by atoms with E-state index in [4.69, 9.17) is 5.11 Å². The van der Waals surface area contributed by atoms with Gasteiger partial charge in [-0.1, -0.05) is 0 Å². The van der Waals surface area contributed by atoms with Crippen LogP contribution in [0.4, 0.5) is 5.69 Å². The molecular formula is C11H12N4O2. The summed E-state index contributed by atoms with van der Waals surface area (Å²) in [4.78, 5) is 12.2. The molecule has 1 aromatic carbocycles. The molecule has 0 radical (unpaired) electrons. The molecule has 1 aromatic heterocycles. The maximum atomic E-state index is 10.7. The number of aromatic nitrogens is 3. The van der Waals surface area contributed by atoms with Crippen LogP contribution < -0.4 is 5.32 Å². The van der Waals surface area contributed by atoms with Gasteiger partial charge in [-0.25, -0.2) is 0 Å². The van der Waals surface area contributed by atoms with Crippen molar-refractivity contribution in [3.8, 4) is 5.69 Å². The van der Waals surface area contributed by atoms with E-state index in [1.165, 1.54) is 4.80 Å². The topological polar surface area (TPSA) is 80.0 Å². The molecule has 6 heteroatoms. The third kappa shape index (κ3) is 2.60. The number of nitrogens with one attached hydrogen (secondary N) is 1. The molecule has 0 fully saturated rings. The number of rotatable bonds is 4. The average molecular weight is 232 g/mol. The van der Waals surface area contributed by atoms with E-state index in [-0.39, 0.29) is 0 Å². The Balaban J connectivity index is 2.11. The lowest BCUT2D eigenvalue weighted by Gasteiger charge is -2.10. The Morgan fingerprint density at radius 1 is 1.29 bits per heavy atom. The van der Waals surface area contributed by atoms with Gasteiger partial charge < -0.3 is 10.4 Å². The number of aliphatic carboxylic acids is 1. The summed E-state index contributed by atoms with van der Waals surface area (Å²) in [7, 11) is 0. The molecule has 0 aliphatic rings. The number of carboxylic acid groups (broad SMARTS) is 1. The predicted octanol–water partition coefficient (Wildman–Crippen LogP) is 1.15. The zero-order valence-corrected chi connectivity index (χ0v) is 9.24. The summed E-state index contributed by atoms with van der Waals surface area (Å²) < 4.78 is 0. The number of nitrogens with zero attached hydrogens (tertiary/aromatic N) is 3. The summed E-state index contributed by atoms with van der Waals surface area (Å²) in [6, 6.07) is 6.59. The minimum atomic E-state index is -0.886. The van der Waals surface area contributed by atoms with E-state index in [1.807, 2.05) is 12.1 Å². The molecule has 0 aliphatic heterocycles. The van der Waals surface area contributed by atoms with E-state index in [2.05, 4.69) is 15.5 Å². The van der Waals surface area contributed by atoms with Gasteiger partial charge in [-0.05, 0) is 31.2 Å². The monoisotopic (exact) mass is 232 g/mol. The summed E-state index contributed by atoms with van der Waals surface area (Å²) in [5.74, 6) is -0.886. The van der Waals surface area contributed by atoms with Crippen LogP contribution in [0.25, 0.3) is 5.69 Å². The van der Waals surface area contributed by atoms with E-state index in [1.54, 1.807) is 31.5 Å². The summed E-state index contributed by atoms with van der Waals surface area (Å²) in [6.07, 6.45) is 3.19. The summed E-state index contributed by atoms with van der Waals surface area (Å²) >= 11 is 0. The van der Waals surface area contributed by atoms with Gasteiger partial charge in [-0.2, -0.15) is 15.0 Å². The van der Waals surface area contributed by atoms with Gasteiger partial charge >= 0.3 is 5.97 Å². The molecule has 0 saturated heterocycles. The van der Waals surface area contributed by atoms with Gasteiger partial charge in [0.05, 0.1) is 18.1 Å². The quantitative estimate of drug-likeness (QED) is 0.826. The molecule has 2 N–H and O–H groups in total. The zero-order chi connectivity index (χ0) is 12.3. The van der Waals surface area contributed by atoms with E-state index >= 15 is 0 Å². The first kappa shape index (κ1) is 11.1. The highest BCUT2D eigenvalue weighted by molar-refractivity contribution is 5.76. The maximum absolute atomic E-state index is 10.7. The summed E-state index contributed by atoms with van der Waals surface area (Å²) in [6.45, 7) is 1.59. The van der Waals surface area contributed by atoms with Crippen LogP contribution in [0.5, 0.6) is 0 Å². The van der Waals surface area contributed by atoms with Crippen LogP contribution in [0.15, 0.2) is 36.7 Å². The molecule has 88 valence electrons. The molecule has 0 aliphatic carbocycles. The number of hydrogen-bond acceptors (Lipinski definition) is 4. The van der Waals surface area contributed by atoms with Gasteiger partial charge in [0.1, 0.15) is 6.04 Å². The van der Waals surface area contributed by atoms with Crippen molar-refractivity contribution in [2.24, 2.45) is 0 Å². The van der Waals surface area contributed by atoms with Crippen LogP contribution in [0.3, 0.4) is 0 Å². The van der Waals surface area contributed by atoms with Crippen molar-refractivity contribution in [1.82, 2.24) is 15.0 Å². The van der Waals surface area contributed by atoms with E-state index in [0.717, 1.165) is 11.4 Å². The largest absolute Gasteiger partial charge is 0.480 e. The molecule has 2 aromatic rings. The van der Waals surface area contributed by atoms with E-state index in [9.17, 15) is 4.79 Å². The number of carboxylic acids is 1. The van der Waals surface area contributed by atoms with Crippen molar-refractivity contribution in [1.29, 1.82) is 0 Å². The van der Waals surface area contributed by atoms with Gasteiger partial charge in [0, 0.05) is 5.69 Å².